The highest BCUT2D eigenvalue weighted by molar-refractivity contribution is 5.75. The molecular formula is C20H23NO4. The molecule has 0 fully saturated rings. The minimum absolute atomic E-state index is 0.243. The maximum Gasteiger partial charge on any atom is 0.310 e. The summed E-state index contributed by atoms with van der Waals surface area (Å²) in [5, 5.41) is 9.31. The number of carbonyl (C=O) groups is 2. The van der Waals surface area contributed by atoms with E-state index in [1.807, 2.05) is 30.3 Å². The van der Waals surface area contributed by atoms with Gasteiger partial charge in [-0.2, -0.15) is 0 Å². The van der Waals surface area contributed by atoms with Crippen LogP contribution >= 0.6 is 0 Å². The molecule has 0 aliphatic carbocycles. The number of nitrogens with zero attached hydrogens (tertiary/aromatic N) is 1. The van der Waals surface area contributed by atoms with E-state index in [0.717, 1.165) is 22.3 Å². The fourth-order valence-electron chi connectivity index (χ4n) is 2.65. The van der Waals surface area contributed by atoms with Gasteiger partial charge in [0.2, 0.25) is 0 Å². The third-order valence-corrected chi connectivity index (χ3v) is 4.00. The van der Waals surface area contributed by atoms with Gasteiger partial charge in [-0.3, -0.25) is 14.6 Å². The van der Waals surface area contributed by atoms with Crippen LogP contribution in [0, 0.1) is 0 Å². The molecule has 0 radical (unpaired) electrons. The van der Waals surface area contributed by atoms with Crippen LogP contribution < -0.4 is 0 Å². The fraction of sp³-hybridized carbons (Fsp3) is 0.350. The first-order chi connectivity index (χ1) is 12.0. The number of carbonyl (C=O) groups excluding carboxylic acids is 1. The van der Waals surface area contributed by atoms with E-state index in [1.54, 1.807) is 26.2 Å². The Morgan fingerprint density at radius 1 is 1.20 bits per heavy atom. The van der Waals surface area contributed by atoms with E-state index in [2.05, 4.69) is 4.98 Å². The van der Waals surface area contributed by atoms with Crippen LogP contribution in [0.15, 0.2) is 42.7 Å². The largest absolute Gasteiger partial charge is 0.481 e. The molecule has 2 aromatic rings. The second-order valence-corrected chi connectivity index (χ2v) is 5.99. The van der Waals surface area contributed by atoms with Gasteiger partial charge in [0.05, 0.1) is 12.5 Å². The van der Waals surface area contributed by atoms with Crippen molar-refractivity contribution in [3.8, 4) is 0 Å². The lowest BCUT2D eigenvalue weighted by atomic mass is 9.93. The van der Waals surface area contributed by atoms with Crippen molar-refractivity contribution in [1.29, 1.82) is 0 Å². The number of aromatic nitrogens is 1. The number of carboxylic acids is 1. The van der Waals surface area contributed by atoms with Gasteiger partial charge in [0.1, 0.15) is 0 Å². The van der Waals surface area contributed by atoms with Gasteiger partial charge < -0.3 is 9.84 Å². The van der Waals surface area contributed by atoms with Crippen LogP contribution in [0.3, 0.4) is 0 Å². The lowest BCUT2D eigenvalue weighted by molar-refractivity contribution is -0.143. The van der Waals surface area contributed by atoms with E-state index in [-0.39, 0.29) is 12.4 Å². The van der Waals surface area contributed by atoms with Crippen molar-refractivity contribution in [2.24, 2.45) is 0 Å². The fourth-order valence-corrected chi connectivity index (χ4v) is 2.65. The van der Waals surface area contributed by atoms with Crippen LogP contribution in [0.5, 0.6) is 0 Å². The number of ether oxygens (including phenoxy) is 1. The summed E-state index contributed by atoms with van der Waals surface area (Å²) < 4.78 is 4.96. The Bertz CT molecular complexity index is 728. The molecule has 0 amide bonds. The van der Waals surface area contributed by atoms with Crippen molar-refractivity contribution in [2.45, 2.75) is 39.0 Å². The van der Waals surface area contributed by atoms with Crippen molar-refractivity contribution in [3.05, 3.63) is 65.0 Å². The highest BCUT2D eigenvalue weighted by atomic mass is 16.5. The maximum atomic E-state index is 11.6. The van der Waals surface area contributed by atoms with Crippen LogP contribution in [0.25, 0.3) is 0 Å². The number of aryl methyl sites for hydroxylation is 1. The molecule has 1 unspecified atom stereocenters. The number of pyridine rings is 1. The molecule has 25 heavy (non-hydrogen) atoms. The SMILES string of the molecule is CCOC(=O)CCc1cc(Cc2cccnc2)cc(C(C)C(=O)O)c1. The number of carboxylic acid groups (broad SMARTS) is 1. The molecule has 1 atom stereocenters. The normalized spacial score (nSPS) is 11.8. The third-order valence-electron chi connectivity index (χ3n) is 4.00. The molecule has 1 aromatic heterocycles. The number of hydrogen-bond donors (Lipinski definition) is 1. The number of aliphatic carboxylic acids is 1. The molecule has 0 aliphatic rings. The van der Waals surface area contributed by atoms with E-state index < -0.39 is 11.9 Å². The van der Waals surface area contributed by atoms with Crippen LogP contribution in [0.1, 0.15) is 48.4 Å². The number of rotatable bonds is 8. The Kier molecular flexibility index (Phi) is 6.69. The summed E-state index contributed by atoms with van der Waals surface area (Å²) in [6.07, 6.45) is 4.99. The molecule has 1 heterocycles. The molecule has 0 aliphatic heterocycles. The van der Waals surface area contributed by atoms with Crippen LogP contribution in [0.4, 0.5) is 0 Å². The van der Waals surface area contributed by atoms with Crippen molar-refractivity contribution in [2.75, 3.05) is 6.61 Å². The zero-order chi connectivity index (χ0) is 18.2. The van der Waals surface area contributed by atoms with E-state index in [0.29, 0.717) is 19.4 Å². The molecule has 132 valence electrons. The quantitative estimate of drug-likeness (QED) is 0.745. The van der Waals surface area contributed by atoms with Crippen LogP contribution in [-0.2, 0) is 27.2 Å². The van der Waals surface area contributed by atoms with Gasteiger partial charge in [-0.15, -0.1) is 0 Å². The highest BCUT2D eigenvalue weighted by Gasteiger charge is 2.16. The predicted molar refractivity (Wildman–Crippen MR) is 94.5 cm³/mol. The minimum Gasteiger partial charge on any atom is -0.481 e. The predicted octanol–water partition coefficient (Wildman–Crippen LogP) is 3.36. The van der Waals surface area contributed by atoms with E-state index in [4.69, 9.17) is 4.74 Å². The lowest BCUT2D eigenvalue weighted by Crippen LogP contribution is -2.10. The van der Waals surface area contributed by atoms with Crippen molar-refractivity contribution >= 4 is 11.9 Å². The van der Waals surface area contributed by atoms with Gasteiger partial charge in [0.15, 0.2) is 0 Å². The molecule has 2 rings (SSSR count). The first-order valence-electron chi connectivity index (χ1n) is 8.39. The van der Waals surface area contributed by atoms with Crippen molar-refractivity contribution in [3.63, 3.8) is 0 Å². The molecular weight excluding hydrogens is 318 g/mol. The zero-order valence-electron chi connectivity index (χ0n) is 14.6. The Labute approximate surface area is 147 Å². The van der Waals surface area contributed by atoms with E-state index >= 15 is 0 Å². The van der Waals surface area contributed by atoms with Gasteiger partial charge in [0, 0.05) is 18.8 Å². The summed E-state index contributed by atoms with van der Waals surface area (Å²) in [4.78, 5) is 27.1. The molecule has 1 aromatic carbocycles. The Hall–Kier alpha value is -2.69. The summed E-state index contributed by atoms with van der Waals surface area (Å²) >= 11 is 0. The molecule has 0 saturated carbocycles. The number of esters is 1. The van der Waals surface area contributed by atoms with Gasteiger partial charge in [-0.1, -0.05) is 24.3 Å². The molecule has 1 N–H and O–H groups in total. The third kappa shape index (κ3) is 5.71. The Morgan fingerprint density at radius 2 is 1.96 bits per heavy atom. The lowest BCUT2D eigenvalue weighted by Gasteiger charge is -2.13. The number of benzene rings is 1. The highest BCUT2D eigenvalue weighted by Crippen LogP contribution is 2.22. The van der Waals surface area contributed by atoms with E-state index in [1.165, 1.54) is 0 Å². The summed E-state index contributed by atoms with van der Waals surface area (Å²) in [5.41, 5.74) is 3.75. The first kappa shape index (κ1) is 18.6. The smallest absolute Gasteiger partial charge is 0.310 e. The zero-order valence-corrected chi connectivity index (χ0v) is 14.6. The molecule has 5 nitrogen and oxygen atoms in total. The van der Waals surface area contributed by atoms with Crippen molar-refractivity contribution < 1.29 is 19.4 Å². The van der Waals surface area contributed by atoms with Crippen LogP contribution in [-0.4, -0.2) is 28.6 Å². The molecule has 0 saturated heterocycles. The van der Waals surface area contributed by atoms with Gasteiger partial charge >= 0.3 is 11.9 Å². The van der Waals surface area contributed by atoms with Gasteiger partial charge in [-0.25, -0.2) is 0 Å². The van der Waals surface area contributed by atoms with Crippen LogP contribution in [0.2, 0.25) is 0 Å². The van der Waals surface area contributed by atoms with Gasteiger partial charge in [0.25, 0.3) is 0 Å². The minimum atomic E-state index is -0.866. The average molecular weight is 341 g/mol. The van der Waals surface area contributed by atoms with Crippen molar-refractivity contribution in [1.82, 2.24) is 4.98 Å². The Morgan fingerprint density at radius 3 is 2.60 bits per heavy atom. The summed E-state index contributed by atoms with van der Waals surface area (Å²) in [6.45, 7) is 3.81. The average Bonchev–Trinajstić information content (AvgIpc) is 2.60. The standard InChI is InChI=1S/C20H23NO4/c1-3-25-19(22)7-6-15-9-17(10-16-5-4-8-21-13-16)12-18(11-15)14(2)20(23)24/h4-5,8-9,11-14H,3,6-7,10H2,1-2H3,(H,23,24). The first-order valence-corrected chi connectivity index (χ1v) is 8.39. The number of hydrogen-bond acceptors (Lipinski definition) is 4. The Balaban J connectivity index is 2.24. The maximum absolute atomic E-state index is 11.6. The van der Waals surface area contributed by atoms with Gasteiger partial charge in [-0.05, 0) is 55.0 Å². The summed E-state index contributed by atoms with van der Waals surface area (Å²) in [6, 6.07) is 9.66. The summed E-state index contributed by atoms with van der Waals surface area (Å²) in [5.74, 6) is -1.71. The molecule has 0 bridgehead atoms. The molecule has 5 heteroatoms. The topological polar surface area (TPSA) is 76.5 Å². The second kappa shape index (κ2) is 8.97. The van der Waals surface area contributed by atoms with E-state index in [9.17, 15) is 14.7 Å². The monoisotopic (exact) mass is 341 g/mol. The second-order valence-electron chi connectivity index (χ2n) is 5.99. The summed E-state index contributed by atoms with van der Waals surface area (Å²) in [7, 11) is 0. The molecule has 0 spiro atoms.